The van der Waals surface area contributed by atoms with Crippen LogP contribution in [0.2, 0.25) is 0 Å². The average Bonchev–Trinajstić information content (AvgIpc) is 3.61. The van der Waals surface area contributed by atoms with E-state index >= 15 is 0 Å². The lowest BCUT2D eigenvalue weighted by atomic mass is 9.98. The highest BCUT2D eigenvalue weighted by atomic mass is 16.5. The van der Waals surface area contributed by atoms with Crippen molar-refractivity contribution < 1.29 is 14.6 Å². The third kappa shape index (κ3) is 4.31. The van der Waals surface area contributed by atoms with Crippen LogP contribution in [-0.4, -0.2) is 48.5 Å². The van der Waals surface area contributed by atoms with Gasteiger partial charge >= 0.3 is 0 Å². The number of aromatic nitrogens is 2. The second-order valence-corrected chi connectivity index (χ2v) is 8.57. The summed E-state index contributed by atoms with van der Waals surface area (Å²) in [6.45, 7) is 5.93. The van der Waals surface area contributed by atoms with Crippen LogP contribution in [0, 0.1) is 5.92 Å². The number of aliphatic hydroxyl groups excluding tert-OH is 1. The van der Waals surface area contributed by atoms with Crippen LogP contribution >= 0.6 is 0 Å². The summed E-state index contributed by atoms with van der Waals surface area (Å²) in [5, 5.41) is 13.1. The van der Waals surface area contributed by atoms with Gasteiger partial charge in [-0.1, -0.05) is 13.8 Å². The summed E-state index contributed by atoms with van der Waals surface area (Å²) in [5.41, 5.74) is 2.52. The van der Waals surface area contributed by atoms with Gasteiger partial charge in [-0.2, -0.15) is 0 Å². The van der Waals surface area contributed by atoms with Crippen LogP contribution in [0.5, 0.6) is 11.5 Å². The van der Waals surface area contributed by atoms with Crippen LogP contribution in [0.4, 0.5) is 11.6 Å². The van der Waals surface area contributed by atoms with E-state index in [0.717, 1.165) is 61.3 Å². The maximum Gasteiger partial charge on any atom is 0.161 e. The Labute approximate surface area is 178 Å². The van der Waals surface area contributed by atoms with E-state index in [0.29, 0.717) is 11.8 Å². The fraction of sp³-hybridized carbons (Fsp3) is 0.565. The summed E-state index contributed by atoms with van der Waals surface area (Å²) in [7, 11) is 3.34. The summed E-state index contributed by atoms with van der Waals surface area (Å²) in [6, 6.07) is 6.15. The van der Waals surface area contributed by atoms with Gasteiger partial charge in [0, 0.05) is 25.1 Å². The highest BCUT2D eigenvalue weighted by molar-refractivity contribution is 5.55. The number of hydrogen-bond donors (Lipinski definition) is 2. The molecule has 2 aromatic rings. The lowest BCUT2D eigenvalue weighted by Gasteiger charge is -2.31. The first-order chi connectivity index (χ1) is 14.5. The number of nitrogens with zero attached hydrogens (tertiary/aromatic N) is 3. The maximum atomic E-state index is 9.73. The van der Waals surface area contributed by atoms with Crippen LogP contribution in [0.3, 0.4) is 0 Å². The fourth-order valence-electron chi connectivity index (χ4n) is 3.90. The van der Waals surface area contributed by atoms with E-state index in [1.54, 1.807) is 14.2 Å². The minimum atomic E-state index is -0.0291. The van der Waals surface area contributed by atoms with Gasteiger partial charge in [0.1, 0.15) is 17.5 Å². The average molecular weight is 413 g/mol. The van der Waals surface area contributed by atoms with E-state index in [4.69, 9.17) is 19.4 Å². The Balaban J connectivity index is 1.62. The third-order valence-electron chi connectivity index (χ3n) is 6.05. The van der Waals surface area contributed by atoms with Crippen molar-refractivity contribution in [3.8, 4) is 11.5 Å². The number of nitrogens with one attached hydrogen (secondary N) is 1. The predicted octanol–water partition coefficient (Wildman–Crippen LogP) is 3.36. The number of anilines is 2. The van der Waals surface area contributed by atoms with E-state index in [1.165, 1.54) is 11.1 Å². The summed E-state index contributed by atoms with van der Waals surface area (Å²) in [6.07, 6.45) is 3.22. The zero-order valence-electron chi connectivity index (χ0n) is 18.3. The number of rotatable bonds is 8. The molecular formula is C23H32N4O3. The molecule has 7 nitrogen and oxygen atoms in total. The Morgan fingerprint density at radius 2 is 1.80 bits per heavy atom. The molecule has 1 atom stereocenters. The SMILES string of the molecule is COc1cc2c(cc1OC)CN(c1cc(N[C@@H](CO)C(C)C)nc(C3CC3)n1)CC2. The normalized spacial score (nSPS) is 16.9. The highest BCUT2D eigenvalue weighted by Gasteiger charge is 2.29. The molecule has 30 heavy (non-hydrogen) atoms. The molecule has 1 aromatic heterocycles. The third-order valence-corrected chi connectivity index (χ3v) is 6.05. The van der Waals surface area contributed by atoms with Crippen LogP contribution in [0.25, 0.3) is 0 Å². The van der Waals surface area contributed by atoms with Crippen molar-refractivity contribution in [2.24, 2.45) is 5.92 Å². The van der Waals surface area contributed by atoms with Crippen molar-refractivity contribution in [3.63, 3.8) is 0 Å². The summed E-state index contributed by atoms with van der Waals surface area (Å²) in [5.74, 6) is 4.94. The molecule has 0 spiro atoms. The Bertz CT molecular complexity index is 898. The molecule has 0 saturated heterocycles. The number of hydrogen-bond acceptors (Lipinski definition) is 7. The Morgan fingerprint density at radius 3 is 2.40 bits per heavy atom. The first-order valence-corrected chi connectivity index (χ1v) is 10.8. The number of aliphatic hydroxyl groups is 1. The number of benzene rings is 1. The zero-order chi connectivity index (χ0) is 21.3. The van der Waals surface area contributed by atoms with E-state index in [9.17, 15) is 5.11 Å². The van der Waals surface area contributed by atoms with Crippen LogP contribution in [-0.2, 0) is 13.0 Å². The fourth-order valence-corrected chi connectivity index (χ4v) is 3.90. The second kappa shape index (κ2) is 8.68. The van der Waals surface area contributed by atoms with E-state index < -0.39 is 0 Å². The molecular weight excluding hydrogens is 380 g/mol. The van der Waals surface area contributed by atoms with Crippen molar-refractivity contribution in [2.75, 3.05) is 37.6 Å². The van der Waals surface area contributed by atoms with Crippen LogP contribution in [0.15, 0.2) is 18.2 Å². The number of ether oxygens (including phenoxy) is 2. The molecule has 7 heteroatoms. The minimum absolute atomic E-state index is 0.0291. The highest BCUT2D eigenvalue weighted by Crippen LogP contribution is 2.40. The van der Waals surface area contributed by atoms with Crippen molar-refractivity contribution in [2.45, 2.75) is 51.6 Å². The summed E-state index contributed by atoms with van der Waals surface area (Å²) >= 11 is 0. The molecule has 2 heterocycles. The molecule has 4 rings (SSSR count). The van der Waals surface area contributed by atoms with Crippen molar-refractivity contribution in [1.29, 1.82) is 0 Å². The van der Waals surface area contributed by atoms with E-state index in [2.05, 4.69) is 36.2 Å². The maximum absolute atomic E-state index is 9.73. The van der Waals surface area contributed by atoms with Gasteiger partial charge in [0.05, 0.1) is 26.9 Å². The largest absolute Gasteiger partial charge is 0.493 e. The molecule has 1 aliphatic heterocycles. The van der Waals surface area contributed by atoms with Crippen LogP contribution < -0.4 is 19.7 Å². The van der Waals surface area contributed by atoms with Gasteiger partial charge in [-0.25, -0.2) is 9.97 Å². The molecule has 0 radical (unpaired) electrons. The summed E-state index contributed by atoms with van der Waals surface area (Å²) in [4.78, 5) is 12.0. The van der Waals surface area contributed by atoms with Gasteiger partial charge in [-0.05, 0) is 48.4 Å². The molecule has 162 valence electrons. The van der Waals surface area contributed by atoms with Gasteiger partial charge in [0.25, 0.3) is 0 Å². The number of methoxy groups -OCH3 is 2. The minimum Gasteiger partial charge on any atom is -0.493 e. The first kappa shape index (κ1) is 20.7. The lowest BCUT2D eigenvalue weighted by Crippen LogP contribution is -2.32. The van der Waals surface area contributed by atoms with Gasteiger partial charge in [-0.15, -0.1) is 0 Å². The Hall–Kier alpha value is -2.54. The molecule has 1 saturated carbocycles. The zero-order valence-corrected chi connectivity index (χ0v) is 18.3. The van der Waals surface area contributed by atoms with Crippen molar-refractivity contribution >= 4 is 11.6 Å². The molecule has 1 aliphatic carbocycles. The van der Waals surface area contributed by atoms with Crippen molar-refractivity contribution in [1.82, 2.24) is 9.97 Å². The monoisotopic (exact) mass is 412 g/mol. The molecule has 2 N–H and O–H groups in total. The molecule has 2 aliphatic rings. The molecule has 0 unspecified atom stereocenters. The topological polar surface area (TPSA) is 79.7 Å². The van der Waals surface area contributed by atoms with Gasteiger partial charge in [0.2, 0.25) is 0 Å². The molecule has 1 aromatic carbocycles. The standard InChI is InChI=1S/C23H32N4O3/c1-14(2)18(13-28)24-21-11-22(26-23(25-21)15-5-6-15)27-8-7-16-9-19(29-3)20(30-4)10-17(16)12-27/h9-11,14-15,18,28H,5-8,12-13H2,1-4H3,(H,24,25,26)/t18-/m0/s1. The van der Waals surface area contributed by atoms with Crippen molar-refractivity contribution in [3.05, 3.63) is 35.2 Å². The summed E-state index contributed by atoms with van der Waals surface area (Å²) < 4.78 is 11.0. The van der Waals surface area contributed by atoms with Gasteiger partial charge in [0.15, 0.2) is 11.5 Å². The Morgan fingerprint density at radius 1 is 1.10 bits per heavy atom. The van der Waals surface area contributed by atoms with E-state index in [1.807, 2.05) is 6.07 Å². The quantitative estimate of drug-likeness (QED) is 0.688. The van der Waals surface area contributed by atoms with Gasteiger partial charge < -0.3 is 24.8 Å². The number of fused-ring (bicyclic) bond motifs is 1. The second-order valence-electron chi connectivity index (χ2n) is 8.57. The van der Waals surface area contributed by atoms with Gasteiger partial charge in [-0.3, -0.25) is 0 Å². The lowest BCUT2D eigenvalue weighted by molar-refractivity contribution is 0.249. The van der Waals surface area contributed by atoms with Crippen LogP contribution in [0.1, 0.15) is 49.6 Å². The molecule has 0 amide bonds. The smallest absolute Gasteiger partial charge is 0.161 e. The van der Waals surface area contributed by atoms with E-state index in [-0.39, 0.29) is 12.6 Å². The molecule has 0 bridgehead atoms. The Kier molecular flexibility index (Phi) is 5.99. The molecule has 1 fully saturated rings. The first-order valence-electron chi connectivity index (χ1n) is 10.8. The predicted molar refractivity (Wildman–Crippen MR) is 118 cm³/mol.